The van der Waals surface area contributed by atoms with E-state index in [-0.39, 0.29) is 11.9 Å². The third-order valence-corrected chi connectivity index (χ3v) is 4.58. The van der Waals surface area contributed by atoms with Crippen LogP contribution in [0, 0.1) is 10.7 Å². The summed E-state index contributed by atoms with van der Waals surface area (Å²) < 4.78 is 9.87. The molecule has 2 aliphatic rings. The number of esters is 1. The second kappa shape index (κ2) is 6.27. The Bertz CT molecular complexity index is 564. The average Bonchev–Trinajstić information content (AvgIpc) is 3.26. The second-order valence-electron chi connectivity index (χ2n) is 5.86. The van der Waals surface area contributed by atoms with Crippen molar-refractivity contribution in [2.24, 2.45) is 5.92 Å². The van der Waals surface area contributed by atoms with E-state index in [0.29, 0.717) is 19.3 Å². The van der Waals surface area contributed by atoms with Crippen LogP contribution in [0.1, 0.15) is 38.6 Å². The molecule has 0 bridgehead atoms. The molecule has 0 N–H and O–H groups in total. The monoisotopic (exact) mass is 310 g/mol. The summed E-state index contributed by atoms with van der Waals surface area (Å²) in [5.74, 6) is -0.0901. The molecule has 1 aliphatic heterocycles. The van der Waals surface area contributed by atoms with Crippen molar-refractivity contribution in [3.05, 3.63) is 11.1 Å². The number of hydrogen-bond donors (Lipinski definition) is 0. The number of likely N-dealkylation sites (tertiary alicyclic amines) is 1. The smallest absolute Gasteiger partial charge is 0.310 e. The van der Waals surface area contributed by atoms with Crippen molar-refractivity contribution in [2.75, 3.05) is 19.7 Å². The first kappa shape index (κ1) is 14.7. The van der Waals surface area contributed by atoms with Gasteiger partial charge in [-0.25, -0.2) is 4.68 Å². The molecule has 7 heteroatoms. The van der Waals surface area contributed by atoms with Crippen molar-refractivity contribution < 1.29 is 9.53 Å². The summed E-state index contributed by atoms with van der Waals surface area (Å²) in [7, 11) is 0. The number of ether oxygens (including phenoxy) is 1. The highest BCUT2D eigenvalue weighted by Crippen LogP contribution is 2.34. The van der Waals surface area contributed by atoms with Crippen molar-refractivity contribution in [3.8, 4) is 0 Å². The Kier molecular flexibility index (Phi) is 4.40. The lowest BCUT2D eigenvalue weighted by molar-refractivity contribution is -0.150. The van der Waals surface area contributed by atoms with Gasteiger partial charge >= 0.3 is 5.97 Å². The number of carbonyl (C=O) groups is 1. The van der Waals surface area contributed by atoms with Gasteiger partial charge in [0, 0.05) is 12.6 Å². The first-order valence-electron chi connectivity index (χ1n) is 7.72. The Balaban J connectivity index is 1.62. The maximum Gasteiger partial charge on any atom is 0.310 e. The van der Waals surface area contributed by atoms with Gasteiger partial charge in [0.05, 0.1) is 19.2 Å². The van der Waals surface area contributed by atoms with Crippen LogP contribution in [0.15, 0.2) is 6.33 Å². The number of aromatic nitrogens is 3. The van der Waals surface area contributed by atoms with E-state index in [0.717, 1.165) is 30.7 Å². The van der Waals surface area contributed by atoms with E-state index < -0.39 is 0 Å². The summed E-state index contributed by atoms with van der Waals surface area (Å²) in [6, 6.07) is 0.555. The lowest BCUT2D eigenvalue weighted by Gasteiger charge is -2.31. The number of rotatable bonds is 5. The van der Waals surface area contributed by atoms with Crippen LogP contribution in [0.4, 0.5) is 0 Å². The van der Waals surface area contributed by atoms with Gasteiger partial charge in [-0.1, -0.05) is 0 Å². The molecule has 0 spiro atoms. The first-order valence-corrected chi connectivity index (χ1v) is 8.12. The molecular weight excluding hydrogens is 288 g/mol. The van der Waals surface area contributed by atoms with Gasteiger partial charge in [-0.15, -0.1) is 0 Å². The molecule has 1 saturated heterocycles. The van der Waals surface area contributed by atoms with Crippen LogP contribution in [0.3, 0.4) is 0 Å². The minimum absolute atomic E-state index is 0.0154. The molecule has 1 unspecified atom stereocenters. The predicted octanol–water partition coefficient (Wildman–Crippen LogP) is 1.98. The third-order valence-electron chi connectivity index (χ3n) is 4.16. The van der Waals surface area contributed by atoms with Gasteiger partial charge in [0.15, 0.2) is 4.77 Å². The minimum atomic E-state index is -0.0747. The summed E-state index contributed by atoms with van der Waals surface area (Å²) >= 11 is 5.48. The number of carbonyl (C=O) groups excluding carboxylic acids is 1. The molecule has 1 aliphatic carbocycles. The van der Waals surface area contributed by atoms with Gasteiger partial charge in [-0.3, -0.25) is 9.69 Å². The highest BCUT2D eigenvalue weighted by molar-refractivity contribution is 7.71. The van der Waals surface area contributed by atoms with Crippen LogP contribution in [0.25, 0.3) is 0 Å². The maximum absolute atomic E-state index is 11.9. The Morgan fingerprint density at radius 3 is 3.00 bits per heavy atom. The van der Waals surface area contributed by atoms with Crippen LogP contribution in [-0.2, 0) is 16.2 Å². The van der Waals surface area contributed by atoms with Crippen molar-refractivity contribution in [1.82, 2.24) is 19.2 Å². The van der Waals surface area contributed by atoms with E-state index in [9.17, 15) is 4.79 Å². The zero-order valence-corrected chi connectivity index (χ0v) is 13.2. The highest BCUT2D eigenvalue weighted by atomic mass is 32.1. The zero-order valence-electron chi connectivity index (χ0n) is 12.4. The molecule has 1 atom stereocenters. The molecule has 1 saturated carbocycles. The second-order valence-corrected chi connectivity index (χ2v) is 6.23. The predicted molar refractivity (Wildman–Crippen MR) is 80.3 cm³/mol. The lowest BCUT2D eigenvalue weighted by Crippen LogP contribution is -2.40. The standard InChI is InChI=1S/C14H22N4O2S/c1-2-20-13(19)11-4-3-7-16(8-11)10-18-14(21)17(9-15-18)12-5-6-12/h9,11-12H,2-8,10H2,1H3. The molecule has 116 valence electrons. The van der Waals surface area contributed by atoms with Crippen molar-refractivity contribution >= 4 is 18.2 Å². The van der Waals surface area contributed by atoms with Crippen molar-refractivity contribution in [2.45, 2.75) is 45.3 Å². The summed E-state index contributed by atoms with van der Waals surface area (Å²) in [5, 5.41) is 4.39. The molecule has 2 fully saturated rings. The zero-order chi connectivity index (χ0) is 14.8. The molecule has 0 amide bonds. The fourth-order valence-electron chi connectivity index (χ4n) is 2.88. The maximum atomic E-state index is 11.9. The van der Waals surface area contributed by atoms with E-state index in [1.165, 1.54) is 12.8 Å². The van der Waals surface area contributed by atoms with Crippen LogP contribution < -0.4 is 0 Å². The largest absolute Gasteiger partial charge is 0.466 e. The molecule has 3 rings (SSSR count). The number of nitrogens with zero attached hydrogens (tertiary/aromatic N) is 4. The quantitative estimate of drug-likeness (QED) is 0.615. The van der Waals surface area contributed by atoms with Gasteiger partial charge in [0.25, 0.3) is 0 Å². The van der Waals surface area contributed by atoms with Crippen LogP contribution in [-0.4, -0.2) is 44.9 Å². The fraction of sp³-hybridized carbons (Fsp3) is 0.786. The first-order chi connectivity index (χ1) is 10.2. The van der Waals surface area contributed by atoms with Crippen LogP contribution >= 0.6 is 12.2 Å². The van der Waals surface area contributed by atoms with Gasteiger partial charge in [-0.2, -0.15) is 5.10 Å². The molecule has 1 aromatic rings. The van der Waals surface area contributed by atoms with Gasteiger partial charge < -0.3 is 9.30 Å². The van der Waals surface area contributed by atoms with Gasteiger partial charge in [0.2, 0.25) is 0 Å². The Hall–Kier alpha value is -1.21. The topological polar surface area (TPSA) is 52.3 Å². The SMILES string of the molecule is CCOC(=O)C1CCCN(Cn2ncn(C3CC3)c2=S)C1. The molecule has 6 nitrogen and oxygen atoms in total. The summed E-state index contributed by atoms with van der Waals surface area (Å²) in [6.45, 7) is 4.67. The minimum Gasteiger partial charge on any atom is -0.466 e. The molecule has 21 heavy (non-hydrogen) atoms. The molecule has 1 aromatic heterocycles. The van der Waals surface area contributed by atoms with Gasteiger partial charge in [-0.05, 0) is 51.4 Å². The van der Waals surface area contributed by atoms with Crippen LogP contribution in [0.5, 0.6) is 0 Å². The number of hydrogen-bond acceptors (Lipinski definition) is 5. The van der Waals surface area contributed by atoms with Crippen molar-refractivity contribution in [3.63, 3.8) is 0 Å². The molecule has 2 heterocycles. The van der Waals surface area contributed by atoms with E-state index in [1.807, 2.05) is 17.9 Å². The summed E-state index contributed by atoms with van der Waals surface area (Å²) in [6.07, 6.45) is 6.17. The number of piperidine rings is 1. The van der Waals surface area contributed by atoms with Gasteiger partial charge in [0.1, 0.15) is 6.33 Å². The Labute approximate surface area is 129 Å². The Morgan fingerprint density at radius 2 is 2.29 bits per heavy atom. The summed E-state index contributed by atoms with van der Waals surface area (Å²) in [4.78, 5) is 14.1. The summed E-state index contributed by atoms with van der Waals surface area (Å²) in [5.41, 5.74) is 0. The van der Waals surface area contributed by atoms with E-state index in [1.54, 1.807) is 0 Å². The molecule has 0 radical (unpaired) electrons. The Morgan fingerprint density at radius 1 is 1.48 bits per heavy atom. The van der Waals surface area contributed by atoms with E-state index >= 15 is 0 Å². The van der Waals surface area contributed by atoms with Crippen LogP contribution in [0.2, 0.25) is 0 Å². The fourth-order valence-corrected chi connectivity index (χ4v) is 3.18. The van der Waals surface area contributed by atoms with Crippen molar-refractivity contribution in [1.29, 1.82) is 0 Å². The lowest BCUT2D eigenvalue weighted by atomic mass is 9.99. The highest BCUT2D eigenvalue weighted by Gasteiger charge is 2.28. The van der Waals surface area contributed by atoms with E-state index in [2.05, 4.69) is 14.6 Å². The normalized spacial score (nSPS) is 23.2. The van der Waals surface area contributed by atoms with E-state index in [4.69, 9.17) is 17.0 Å². The molecule has 0 aromatic carbocycles. The average molecular weight is 310 g/mol. The molecular formula is C14H22N4O2S. The third kappa shape index (κ3) is 3.35.